The highest BCUT2D eigenvalue weighted by Gasteiger charge is 2.56. The quantitative estimate of drug-likeness (QED) is 0.190. The normalized spacial score (nSPS) is 40.3. The first kappa shape index (κ1) is 49.5. The summed E-state index contributed by atoms with van der Waals surface area (Å²) in [5.74, 6) is -7.76. The van der Waals surface area contributed by atoms with Gasteiger partial charge in [-0.05, 0) is 95.5 Å². The highest BCUT2D eigenvalue weighted by atomic mass is 16.7. The maximum atomic E-state index is 14.3. The van der Waals surface area contributed by atoms with Crippen LogP contribution in [0.3, 0.4) is 0 Å². The van der Waals surface area contributed by atoms with Gasteiger partial charge in [0, 0.05) is 52.0 Å². The van der Waals surface area contributed by atoms with Crippen molar-refractivity contribution in [2.24, 2.45) is 29.6 Å². The number of carbonyl (C=O) groups excluding carboxylic acids is 4. The van der Waals surface area contributed by atoms with Crippen LogP contribution in [-0.4, -0.2) is 132 Å². The smallest absolute Gasteiger partial charge is 0.329 e. The van der Waals surface area contributed by atoms with Crippen LogP contribution in [0.15, 0.2) is 36.0 Å². The molecule has 3 heterocycles. The van der Waals surface area contributed by atoms with Crippen LogP contribution in [0.4, 0.5) is 0 Å². The zero-order valence-electron chi connectivity index (χ0n) is 35.9. The minimum absolute atomic E-state index is 0. The second kappa shape index (κ2) is 22.1. The van der Waals surface area contributed by atoms with Gasteiger partial charge in [-0.2, -0.15) is 0 Å². The Balaban J connectivity index is 0.00000900. The number of aliphatic hydroxyl groups excluding tert-OH is 2. The molecule has 0 radical (unpaired) electrons. The molecule has 0 aromatic heterocycles. The third-order valence-electron chi connectivity index (χ3n) is 12.9. The number of fused-ring (bicyclic) bond motifs is 3. The Morgan fingerprint density at radius 1 is 0.931 bits per heavy atom. The van der Waals surface area contributed by atoms with Crippen molar-refractivity contribution in [3.05, 3.63) is 36.0 Å². The van der Waals surface area contributed by atoms with Gasteiger partial charge in [0.15, 0.2) is 0 Å². The molecule has 0 spiro atoms. The van der Waals surface area contributed by atoms with Gasteiger partial charge in [0.25, 0.3) is 11.7 Å². The van der Waals surface area contributed by atoms with Gasteiger partial charge in [-0.1, -0.05) is 44.6 Å². The first-order valence-corrected chi connectivity index (χ1v) is 20.9. The lowest BCUT2D eigenvalue weighted by atomic mass is 9.81. The number of esters is 1. The molecule has 4 aliphatic rings. The molecule has 3 aliphatic heterocycles. The zero-order valence-corrected chi connectivity index (χ0v) is 35.9. The fourth-order valence-electron chi connectivity index (χ4n) is 9.42. The minimum Gasteiger partial charge on any atom is -0.456 e. The number of methoxy groups -OCH3 is 3. The van der Waals surface area contributed by atoms with Crippen LogP contribution in [0.1, 0.15) is 105 Å². The zero-order chi connectivity index (χ0) is 42.2. The average Bonchev–Trinajstić information content (AvgIpc) is 3.18. The first-order chi connectivity index (χ1) is 27.0. The summed E-state index contributed by atoms with van der Waals surface area (Å²) >= 11 is 0. The number of allylic oxidation sites excluding steroid dienone is 4. The van der Waals surface area contributed by atoms with Gasteiger partial charge < -0.3 is 49.4 Å². The average molecular weight is 822 g/mol. The molecule has 2 bridgehead atoms. The number of nitrogens with zero attached hydrogens (tertiary/aromatic N) is 1. The second-order valence-corrected chi connectivity index (χ2v) is 17.3. The summed E-state index contributed by atoms with van der Waals surface area (Å²) in [4.78, 5) is 57.8. The van der Waals surface area contributed by atoms with Crippen LogP contribution in [0, 0.1) is 29.6 Å². The highest BCUT2D eigenvalue weighted by molar-refractivity contribution is 6.39. The van der Waals surface area contributed by atoms with Crippen molar-refractivity contribution in [1.82, 2.24) is 4.90 Å². The molecule has 0 aromatic carbocycles. The maximum Gasteiger partial charge on any atom is 0.329 e. The fourth-order valence-corrected chi connectivity index (χ4v) is 9.42. The number of carbonyl (C=O) groups is 4. The van der Waals surface area contributed by atoms with Crippen LogP contribution < -0.4 is 0 Å². The lowest BCUT2D eigenvalue weighted by molar-refractivity contribution is -0.302. The lowest BCUT2D eigenvalue weighted by Gasteiger charge is -2.47. The topological polar surface area (TPSA) is 210 Å². The van der Waals surface area contributed by atoms with Crippen LogP contribution in [0.2, 0.25) is 0 Å². The van der Waals surface area contributed by atoms with Crippen LogP contribution in [0.25, 0.3) is 0 Å². The Bertz CT molecular complexity index is 1480. The van der Waals surface area contributed by atoms with Gasteiger partial charge in [0.1, 0.15) is 24.0 Å². The largest absolute Gasteiger partial charge is 0.456 e. The second-order valence-electron chi connectivity index (χ2n) is 17.3. The van der Waals surface area contributed by atoms with E-state index in [1.807, 2.05) is 32.9 Å². The standard InChI is InChI=1S/C44H69NO12.H2O/c1-10-13-31-19-25(2)18-26(3)20-37(54-8)40-38(55-9)22-28(5)44(52,57-40)41(49)42(50)45-17-12-11-14-32(45)43(51)56-39(29(6)34(47)24-35(31)48)27(4)21-30-15-16-33(46)36(23-30)53-7;/h10,19,21,26,28-34,36-40,46-47,52H,1,11-18,20,22-24H2,2-9H3;1H2/b25-19+,27-21+;/t26-,28+,29+,30-,31+,32-,33+,34-,36+,37-,38-,39?,40+,44+;/m0./s1. The van der Waals surface area contributed by atoms with Crippen molar-refractivity contribution in [2.75, 3.05) is 27.9 Å². The molecule has 3 fully saturated rings. The molecule has 14 heteroatoms. The van der Waals surface area contributed by atoms with E-state index in [9.17, 15) is 34.5 Å². The summed E-state index contributed by atoms with van der Waals surface area (Å²) in [5, 5.41) is 34.1. The molecule has 58 heavy (non-hydrogen) atoms. The van der Waals surface area contributed by atoms with Gasteiger partial charge in [-0.25, -0.2) is 4.79 Å². The summed E-state index contributed by atoms with van der Waals surface area (Å²) in [7, 11) is 4.61. The van der Waals surface area contributed by atoms with E-state index in [1.54, 1.807) is 27.0 Å². The van der Waals surface area contributed by atoms with Crippen LogP contribution >= 0.6 is 0 Å². The lowest BCUT2D eigenvalue weighted by Crippen LogP contribution is -2.64. The van der Waals surface area contributed by atoms with Crippen LogP contribution in [0.5, 0.6) is 0 Å². The SMILES string of the molecule is C=CC[C@@H]1/C=C(\C)C[C@H](C)C[C@H](OC)[C@H]2O[C@@](O)(C(=O)C(=O)N3CCCC[C@H]3C(=O)OC(/C(C)=C/[C@@H]3CC[C@@H](O)[C@H](OC)C3)[C@H](C)[C@@H](O)CC1=O)[C@H](C)C[C@@H]2OC.O. The summed E-state index contributed by atoms with van der Waals surface area (Å²) < 4.78 is 29.7. The van der Waals surface area contributed by atoms with E-state index in [0.29, 0.717) is 56.9 Å². The molecule has 2 saturated heterocycles. The third-order valence-corrected chi connectivity index (χ3v) is 12.9. The van der Waals surface area contributed by atoms with E-state index in [-0.39, 0.29) is 55.0 Å². The summed E-state index contributed by atoms with van der Waals surface area (Å²) in [6, 6.07) is -1.14. The molecule has 4 rings (SSSR count). The molecular formula is C44H71NO13. The molecule has 1 aliphatic carbocycles. The molecule has 14 nitrogen and oxygen atoms in total. The van der Waals surface area contributed by atoms with E-state index in [2.05, 4.69) is 6.58 Å². The predicted octanol–water partition coefficient (Wildman–Crippen LogP) is 3.81. The molecular weight excluding hydrogens is 750 g/mol. The first-order valence-electron chi connectivity index (χ1n) is 20.9. The number of aliphatic hydroxyl groups is 3. The van der Waals surface area contributed by atoms with Crippen LogP contribution in [-0.2, 0) is 42.9 Å². The molecule has 1 unspecified atom stereocenters. The van der Waals surface area contributed by atoms with E-state index in [0.717, 1.165) is 5.57 Å². The van der Waals surface area contributed by atoms with Gasteiger partial charge in [-0.15, -0.1) is 6.58 Å². The number of Topliss-reactive ketones (excluding diaryl/α,β-unsaturated/α-hetero) is 2. The number of ether oxygens (including phenoxy) is 5. The number of hydrogen-bond donors (Lipinski definition) is 3. The molecule has 14 atom stereocenters. The molecule has 1 amide bonds. The monoisotopic (exact) mass is 821 g/mol. The molecule has 330 valence electrons. The number of rotatable bonds is 7. The number of amides is 1. The Kier molecular flexibility index (Phi) is 18.9. The van der Waals surface area contributed by atoms with Gasteiger partial charge >= 0.3 is 5.97 Å². The van der Waals surface area contributed by atoms with Gasteiger partial charge in [-0.3, -0.25) is 14.4 Å². The highest BCUT2D eigenvalue weighted by Crippen LogP contribution is 2.39. The number of hydrogen-bond acceptors (Lipinski definition) is 12. The minimum atomic E-state index is -2.51. The van der Waals surface area contributed by atoms with Crippen molar-refractivity contribution in [3.63, 3.8) is 0 Å². The third kappa shape index (κ3) is 11.7. The Morgan fingerprint density at radius 2 is 1.59 bits per heavy atom. The summed E-state index contributed by atoms with van der Waals surface area (Å²) in [6.07, 6.45) is 4.93. The Hall–Kier alpha value is -2.82. The van der Waals surface area contributed by atoms with Crippen molar-refractivity contribution < 1.29 is 63.7 Å². The van der Waals surface area contributed by atoms with E-state index in [1.165, 1.54) is 19.1 Å². The fraction of sp³-hybridized carbons (Fsp3) is 0.773. The number of ketones is 2. The van der Waals surface area contributed by atoms with Gasteiger partial charge in [0.05, 0.1) is 30.5 Å². The summed E-state index contributed by atoms with van der Waals surface area (Å²) in [5.41, 5.74) is 1.61. The van der Waals surface area contributed by atoms with Crippen molar-refractivity contribution in [2.45, 2.75) is 160 Å². The van der Waals surface area contributed by atoms with E-state index in [4.69, 9.17) is 23.7 Å². The summed E-state index contributed by atoms with van der Waals surface area (Å²) in [6.45, 7) is 13.1. The number of piperidine rings is 1. The Labute approximate surface area is 344 Å². The van der Waals surface area contributed by atoms with Gasteiger partial charge in [0.2, 0.25) is 5.79 Å². The Morgan fingerprint density at radius 3 is 2.22 bits per heavy atom. The number of cyclic esters (lactones) is 1. The van der Waals surface area contributed by atoms with Crippen molar-refractivity contribution >= 4 is 23.4 Å². The maximum absolute atomic E-state index is 14.3. The molecule has 1 saturated carbocycles. The van der Waals surface area contributed by atoms with Crippen molar-refractivity contribution in [1.29, 1.82) is 0 Å². The van der Waals surface area contributed by atoms with Crippen molar-refractivity contribution in [3.8, 4) is 0 Å². The van der Waals surface area contributed by atoms with E-state index >= 15 is 0 Å². The predicted molar refractivity (Wildman–Crippen MR) is 216 cm³/mol. The molecule has 5 N–H and O–H groups in total. The molecule has 0 aromatic rings. The van der Waals surface area contributed by atoms with E-state index < -0.39 is 83.9 Å².